The van der Waals surface area contributed by atoms with E-state index in [0.717, 1.165) is 29.7 Å². The summed E-state index contributed by atoms with van der Waals surface area (Å²) in [6, 6.07) is 3.30. The lowest BCUT2D eigenvalue weighted by molar-refractivity contribution is 0.111. The van der Waals surface area contributed by atoms with Crippen molar-refractivity contribution in [3.63, 3.8) is 0 Å². The van der Waals surface area contributed by atoms with Crippen LogP contribution >= 0.6 is 0 Å². The maximum atomic E-state index is 10.2. The highest BCUT2D eigenvalue weighted by Crippen LogP contribution is 2.33. The number of carbonyl (C=O) groups is 1. The van der Waals surface area contributed by atoms with Gasteiger partial charge in [-0.05, 0) is 43.5 Å². The second-order valence-electron chi connectivity index (χ2n) is 5.74. The first-order chi connectivity index (χ1) is 13.0. The van der Waals surface area contributed by atoms with Crippen LogP contribution in [0.5, 0.6) is 11.5 Å². The largest absolute Gasteiger partial charge is 0.504 e. The number of nitrogens with two attached hydrogens (primary N) is 1. The number of nitrogens with zero attached hydrogens (tertiary/aromatic N) is 3. The zero-order valence-electron chi connectivity index (χ0n) is 15.7. The highest BCUT2D eigenvalue weighted by atomic mass is 16.5. The molecule has 142 valence electrons. The van der Waals surface area contributed by atoms with Gasteiger partial charge in [0.15, 0.2) is 17.8 Å². The number of benzene rings is 1. The Labute approximate surface area is 159 Å². The number of allylic oxidation sites excluding steroid dienone is 1. The van der Waals surface area contributed by atoms with E-state index in [1.54, 1.807) is 18.5 Å². The normalized spacial score (nSPS) is 11.2. The van der Waals surface area contributed by atoms with Gasteiger partial charge in [-0.25, -0.2) is 4.98 Å². The molecule has 7 heteroatoms. The molecule has 27 heavy (non-hydrogen) atoms. The molecular weight excluding hydrogens is 344 g/mol. The standard InChI is InChI=1S/C12H16N2O2.C8H8N2O/c1-3-4-9-5-10(8(2)14)6-11(12(9)15)16-7-13;1-2-3-7-4-10-8(6-11)5-9-7/h5-6,8,15H,3-4,14H2,1-2H3;2-6H,1H3. The Balaban J connectivity index is 0.000000289. The van der Waals surface area contributed by atoms with E-state index >= 15 is 0 Å². The van der Waals surface area contributed by atoms with Gasteiger partial charge in [0, 0.05) is 6.04 Å². The fraction of sp³-hybridized carbons (Fsp3) is 0.300. The number of phenolic OH excluding ortho intramolecular Hbond substituents is 1. The van der Waals surface area contributed by atoms with Gasteiger partial charge in [-0.3, -0.25) is 9.78 Å². The van der Waals surface area contributed by atoms with Crippen molar-refractivity contribution in [2.24, 2.45) is 5.73 Å². The van der Waals surface area contributed by atoms with Gasteiger partial charge in [-0.1, -0.05) is 25.5 Å². The maximum absolute atomic E-state index is 10.2. The first-order valence-electron chi connectivity index (χ1n) is 8.53. The lowest BCUT2D eigenvalue weighted by Gasteiger charge is -2.12. The summed E-state index contributed by atoms with van der Waals surface area (Å²) in [5.41, 5.74) is 8.51. The van der Waals surface area contributed by atoms with E-state index in [4.69, 9.17) is 15.7 Å². The number of aromatic hydroxyl groups is 1. The van der Waals surface area contributed by atoms with Crippen molar-refractivity contribution in [3.05, 3.63) is 53.1 Å². The molecule has 2 rings (SSSR count). The van der Waals surface area contributed by atoms with Crippen molar-refractivity contribution in [3.8, 4) is 17.8 Å². The van der Waals surface area contributed by atoms with E-state index in [0.29, 0.717) is 12.0 Å². The number of nitriles is 1. The van der Waals surface area contributed by atoms with Crippen LogP contribution in [0.25, 0.3) is 6.08 Å². The van der Waals surface area contributed by atoms with E-state index in [1.807, 2.05) is 39.0 Å². The molecule has 1 aromatic carbocycles. The van der Waals surface area contributed by atoms with E-state index in [-0.39, 0.29) is 17.5 Å². The van der Waals surface area contributed by atoms with Crippen LogP contribution in [0, 0.1) is 11.5 Å². The van der Waals surface area contributed by atoms with Gasteiger partial charge in [0.25, 0.3) is 6.26 Å². The minimum Gasteiger partial charge on any atom is -0.504 e. The molecule has 0 fully saturated rings. The smallest absolute Gasteiger partial charge is 0.292 e. The molecule has 1 heterocycles. The lowest BCUT2D eigenvalue weighted by atomic mass is 10.0. The summed E-state index contributed by atoms with van der Waals surface area (Å²) in [6.45, 7) is 5.76. The van der Waals surface area contributed by atoms with Gasteiger partial charge in [0.1, 0.15) is 5.69 Å². The fourth-order valence-corrected chi connectivity index (χ4v) is 2.20. The number of aldehydes is 1. The van der Waals surface area contributed by atoms with E-state index in [2.05, 4.69) is 9.97 Å². The molecule has 0 bridgehead atoms. The van der Waals surface area contributed by atoms with Gasteiger partial charge in [0.05, 0.1) is 18.1 Å². The number of phenols is 1. The van der Waals surface area contributed by atoms with Gasteiger partial charge in [-0.15, -0.1) is 5.26 Å². The molecule has 1 aromatic heterocycles. The first kappa shape index (κ1) is 21.8. The van der Waals surface area contributed by atoms with Gasteiger partial charge in [0.2, 0.25) is 0 Å². The third-order valence-electron chi connectivity index (χ3n) is 3.53. The molecule has 0 amide bonds. The predicted molar refractivity (Wildman–Crippen MR) is 103 cm³/mol. The molecule has 1 atom stereocenters. The molecule has 0 spiro atoms. The molecule has 3 N–H and O–H groups in total. The van der Waals surface area contributed by atoms with Crippen LogP contribution in [0.3, 0.4) is 0 Å². The Kier molecular flexibility index (Phi) is 9.20. The van der Waals surface area contributed by atoms with Crippen molar-refractivity contribution in [1.82, 2.24) is 9.97 Å². The van der Waals surface area contributed by atoms with Crippen LogP contribution in [0.2, 0.25) is 0 Å². The number of carbonyl (C=O) groups excluding carboxylic acids is 1. The minimum absolute atomic E-state index is 0.0350. The molecular formula is C20H24N4O3. The quantitative estimate of drug-likeness (QED) is 0.590. The van der Waals surface area contributed by atoms with Crippen LogP contribution in [-0.2, 0) is 6.42 Å². The van der Waals surface area contributed by atoms with Crippen LogP contribution in [0.4, 0.5) is 0 Å². The van der Waals surface area contributed by atoms with Crippen molar-refractivity contribution in [1.29, 1.82) is 5.26 Å². The summed E-state index contributed by atoms with van der Waals surface area (Å²) in [6.07, 6.45) is 10.6. The van der Waals surface area contributed by atoms with E-state index in [9.17, 15) is 9.90 Å². The lowest BCUT2D eigenvalue weighted by Crippen LogP contribution is -2.06. The highest BCUT2D eigenvalue weighted by Gasteiger charge is 2.12. The average Bonchev–Trinajstić information content (AvgIpc) is 2.66. The number of ether oxygens (including phenoxy) is 1. The molecule has 1 unspecified atom stereocenters. The number of aromatic nitrogens is 2. The van der Waals surface area contributed by atoms with E-state index < -0.39 is 0 Å². The summed E-state index contributed by atoms with van der Waals surface area (Å²) < 4.78 is 4.71. The third kappa shape index (κ3) is 6.88. The van der Waals surface area contributed by atoms with Crippen LogP contribution < -0.4 is 10.5 Å². The van der Waals surface area contributed by atoms with Gasteiger partial charge < -0.3 is 15.6 Å². The summed E-state index contributed by atoms with van der Waals surface area (Å²) in [4.78, 5) is 17.9. The maximum Gasteiger partial charge on any atom is 0.292 e. The third-order valence-corrected chi connectivity index (χ3v) is 3.53. The Bertz CT molecular complexity index is 809. The Morgan fingerprint density at radius 2 is 2.00 bits per heavy atom. The molecule has 0 aliphatic carbocycles. The van der Waals surface area contributed by atoms with Crippen molar-refractivity contribution in [2.75, 3.05) is 0 Å². The zero-order valence-corrected chi connectivity index (χ0v) is 15.7. The minimum atomic E-state index is -0.155. The molecule has 7 nitrogen and oxygen atoms in total. The van der Waals surface area contributed by atoms with Crippen LogP contribution in [0.1, 0.15) is 60.5 Å². The average molecular weight is 368 g/mol. The Hall–Kier alpha value is -3.24. The van der Waals surface area contributed by atoms with Crippen LogP contribution in [-0.4, -0.2) is 21.4 Å². The monoisotopic (exact) mass is 368 g/mol. The molecule has 2 aromatic rings. The van der Waals surface area contributed by atoms with Gasteiger partial charge in [-0.2, -0.15) is 0 Å². The van der Waals surface area contributed by atoms with Crippen LogP contribution in [0.15, 0.2) is 30.6 Å². The molecule has 0 aliphatic rings. The first-order valence-corrected chi connectivity index (χ1v) is 8.53. The molecule has 0 aliphatic heterocycles. The number of hydrogen-bond donors (Lipinski definition) is 2. The number of rotatable bonds is 6. The van der Waals surface area contributed by atoms with Crippen molar-refractivity contribution >= 4 is 12.4 Å². The second kappa shape index (κ2) is 11.4. The summed E-state index contributed by atoms with van der Waals surface area (Å²) in [5, 5.41) is 18.3. The predicted octanol–water partition coefficient (Wildman–Crippen LogP) is 3.55. The molecule has 0 radical (unpaired) electrons. The zero-order chi connectivity index (χ0) is 20.2. The summed E-state index contributed by atoms with van der Waals surface area (Å²) in [5.74, 6) is 0.216. The summed E-state index contributed by atoms with van der Waals surface area (Å²) in [7, 11) is 0. The van der Waals surface area contributed by atoms with Crippen molar-refractivity contribution in [2.45, 2.75) is 39.7 Å². The molecule has 0 saturated carbocycles. The highest BCUT2D eigenvalue weighted by molar-refractivity contribution is 5.71. The van der Waals surface area contributed by atoms with Crippen molar-refractivity contribution < 1.29 is 14.6 Å². The number of hydrogen-bond acceptors (Lipinski definition) is 7. The topological polar surface area (TPSA) is 122 Å². The van der Waals surface area contributed by atoms with Gasteiger partial charge >= 0.3 is 0 Å². The second-order valence-corrected chi connectivity index (χ2v) is 5.74. The Morgan fingerprint density at radius 1 is 1.33 bits per heavy atom. The fourth-order valence-electron chi connectivity index (χ4n) is 2.20. The summed E-state index contributed by atoms with van der Waals surface area (Å²) >= 11 is 0. The van der Waals surface area contributed by atoms with E-state index in [1.165, 1.54) is 6.20 Å². The Morgan fingerprint density at radius 3 is 2.48 bits per heavy atom. The SMILES string of the molecule is CC=Cc1cnc(C=O)cn1.CCCc1cc(C(C)N)cc(OC#N)c1O. The molecule has 0 saturated heterocycles. The number of aryl methyl sites for hydroxylation is 1.